The van der Waals surface area contributed by atoms with Crippen LogP contribution in [0.5, 0.6) is 0 Å². The Morgan fingerprint density at radius 2 is 2.17 bits per heavy atom. The molecule has 0 spiro atoms. The Hall–Kier alpha value is -1.28. The molecule has 12 heavy (non-hydrogen) atoms. The summed E-state index contributed by atoms with van der Waals surface area (Å²) in [4.78, 5) is 0. The average Bonchev–Trinajstić information content (AvgIpc) is 2.62. The molecule has 2 aromatic rings. The van der Waals surface area contributed by atoms with E-state index in [-0.39, 0.29) is 0 Å². The first-order valence-electron chi connectivity index (χ1n) is 4.23. The quantitative estimate of drug-likeness (QED) is 0.617. The second-order valence-electron chi connectivity index (χ2n) is 3.21. The average molecular weight is 158 g/mol. The first-order valence-corrected chi connectivity index (χ1v) is 4.23. The van der Waals surface area contributed by atoms with Gasteiger partial charge in [-0.05, 0) is 17.5 Å². The number of rotatable bonds is 0. The maximum atomic E-state index is 3.32. The van der Waals surface area contributed by atoms with Crippen LogP contribution in [-0.4, -0.2) is 4.57 Å². The molecule has 2 heterocycles. The Balaban J connectivity index is 2.44. The molecule has 0 aliphatic carbocycles. The maximum absolute atomic E-state index is 3.32. The van der Waals surface area contributed by atoms with Crippen molar-refractivity contribution in [3.63, 3.8) is 0 Å². The van der Waals surface area contributed by atoms with E-state index in [1.54, 1.807) is 0 Å². The first kappa shape index (κ1) is 6.26. The van der Waals surface area contributed by atoms with Gasteiger partial charge in [-0.3, -0.25) is 5.32 Å². The third kappa shape index (κ3) is 0.676. The van der Waals surface area contributed by atoms with Gasteiger partial charge in [-0.25, -0.2) is 0 Å². The number of hydrogen-bond donors (Lipinski definition) is 1. The lowest BCUT2D eigenvalue weighted by atomic mass is 10.2. The van der Waals surface area contributed by atoms with Crippen molar-refractivity contribution in [2.75, 3.05) is 0 Å². The molecule has 60 valence electrons. The SMILES string of the molecule is c1ccc2c(c1)cc1n2CNC1. The predicted octanol–water partition coefficient (Wildman–Crippen LogP) is 1.70. The summed E-state index contributed by atoms with van der Waals surface area (Å²) in [6.07, 6.45) is 0. The maximum Gasteiger partial charge on any atom is 0.0732 e. The largest absolute Gasteiger partial charge is 0.330 e. The number of fused-ring (bicyclic) bond motifs is 3. The van der Waals surface area contributed by atoms with E-state index in [9.17, 15) is 0 Å². The van der Waals surface area contributed by atoms with Gasteiger partial charge >= 0.3 is 0 Å². The zero-order valence-corrected chi connectivity index (χ0v) is 6.75. The molecule has 1 N–H and O–H groups in total. The number of aromatic nitrogens is 1. The molecule has 1 aliphatic rings. The summed E-state index contributed by atoms with van der Waals surface area (Å²) in [5.74, 6) is 0. The molecular formula is C10H10N2. The summed E-state index contributed by atoms with van der Waals surface area (Å²) in [6, 6.07) is 10.8. The molecule has 0 bridgehead atoms. The van der Waals surface area contributed by atoms with E-state index in [4.69, 9.17) is 0 Å². The highest BCUT2D eigenvalue weighted by Crippen LogP contribution is 2.21. The predicted molar refractivity (Wildman–Crippen MR) is 48.8 cm³/mol. The topological polar surface area (TPSA) is 17.0 Å². The zero-order valence-electron chi connectivity index (χ0n) is 6.75. The van der Waals surface area contributed by atoms with E-state index in [1.807, 2.05) is 0 Å². The highest BCUT2D eigenvalue weighted by Gasteiger charge is 2.11. The summed E-state index contributed by atoms with van der Waals surface area (Å²) in [5.41, 5.74) is 2.74. The van der Waals surface area contributed by atoms with Gasteiger partial charge in [-0.15, -0.1) is 0 Å². The molecule has 2 heteroatoms. The third-order valence-corrected chi connectivity index (χ3v) is 2.47. The van der Waals surface area contributed by atoms with Crippen molar-refractivity contribution in [1.29, 1.82) is 0 Å². The van der Waals surface area contributed by atoms with Crippen LogP contribution in [0.15, 0.2) is 30.3 Å². The first-order chi connectivity index (χ1) is 5.95. The Morgan fingerprint density at radius 1 is 1.25 bits per heavy atom. The highest BCUT2D eigenvalue weighted by atomic mass is 15.2. The van der Waals surface area contributed by atoms with Gasteiger partial charge in [0.05, 0.1) is 6.67 Å². The minimum absolute atomic E-state index is 0.961. The van der Waals surface area contributed by atoms with Crippen LogP contribution in [0.4, 0.5) is 0 Å². The monoisotopic (exact) mass is 158 g/mol. The van der Waals surface area contributed by atoms with Gasteiger partial charge in [0, 0.05) is 17.8 Å². The number of nitrogens with one attached hydrogen (secondary N) is 1. The van der Waals surface area contributed by atoms with E-state index in [0.29, 0.717) is 0 Å². The van der Waals surface area contributed by atoms with Crippen LogP contribution >= 0.6 is 0 Å². The second-order valence-corrected chi connectivity index (χ2v) is 3.21. The number of hydrogen-bond acceptors (Lipinski definition) is 1. The molecular weight excluding hydrogens is 148 g/mol. The van der Waals surface area contributed by atoms with Crippen LogP contribution < -0.4 is 5.32 Å². The van der Waals surface area contributed by atoms with Gasteiger partial charge in [0.1, 0.15) is 0 Å². The van der Waals surface area contributed by atoms with Crippen molar-refractivity contribution in [2.24, 2.45) is 0 Å². The molecule has 2 nitrogen and oxygen atoms in total. The van der Waals surface area contributed by atoms with Crippen molar-refractivity contribution >= 4 is 10.9 Å². The molecule has 0 radical (unpaired) electrons. The summed E-state index contributed by atoms with van der Waals surface area (Å²) in [6.45, 7) is 1.97. The Labute approximate surface area is 70.8 Å². The van der Waals surface area contributed by atoms with Crippen molar-refractivity contribution < 1.29 is 0 Å². The molecule has 0 unspecified atom stereocenters. The third-order valence-electron chi connectivity index (χ3n) is 2.47. The molecule has 1 aliphatic heterocycles. The molecule has 3 rings (SSSR count). The summed E-state index contributed by atoms with van der Waals surface area (Å²) in [5, 5.41) is 4.68. The fourth-order valence-electron chi connectivity index (χ4n) is 1.90. The van der Waals surface area contributed by atoms with Crippen LogP contribution in [0, 0.1) is 0 Å². The lowest BCUT2D eigenvalue weighted by molar-refractivity contribution is 0.675. The Bertz CT molecular complexity index is 428. The van der Waals surface area contributed by atoms with E-state index >= 15 is 0 Å². The van der Waals surface area contributed by atoms with Crippen molar-refractivity contribution in [1.82, 2.24) is 9.88 Å². The summed E-state index contributed by atoms with van der Waals surface area (Å²) >= 11 is 0. The van der Waals surface area contributed by atoms with E-state index in [1.165, 1.54) is 16.6 Å². The number of para-hydroxylation sites is 1. The van der Waals surface area contributed by atoms with Gasteiger partial charge in [-0.1, -0.05) is 18.2 Å². The van der Waals surface area contributed by atoms with Gasteiger partial charge in [0.2, 0.25) is 0 Å². The molecule has 1 aromatic carbocycles. The van der Waals surface area contributed by atoms with Crippen LogP contribution in [0.1, 0.15) is 5.69 Å². The molecule has 0 saturated heterocycles. The Morgan fingerprint density at radius 3 is 3.17 bits per heavy atom. The molecule has 0 atom stereocenters. The lowest BCUT2D eigenvalue weighted by Gasteiger charge is -1.97. The molecule has 0 amide bonds. The fraction of sp³-hybridized carbons (Fsp3) is 0.200. The molecule has 0 saturated carbocycles. The van der Waals surface area contributed by atoms with Crippen molar-refractivity contribution in [3.05, 3.63) is 36.0 Å². The zero-order chi connectivity index (χ0) is 7.97. The molecule has 1 aromatic heterocycles. The van der Waals surface area contributed by atoms with Crippen LogP contribution in [0.3, 0.4) is 0 Å². The van der Waals surface area contributed by atoms with Gasteiger partial charge in [0.15, 0.2) is 0 Å². The summed E-state index contributed by atoms with van der Waals surface area (Å²) in [7, 11) is 0. The van der Waals surface area contributed by atoms with Crippen molar-refractivity contribution in [2.45, 2.75) is 13.2 Å². The standard InChI is InChI=1S/C10H10N2/c1-2-4-10-8(3-1)5-9-6-11-7-12(9)10/h1-5,11H,6-7H2. The minimum Gasteiger partial charge on any atom is -0.330 e. The van der Waals surface area contributed by atoms with E-state index in [2.05, 4.69) is 40.2 Å². The van der Waals surface area contributed by atoms with Gasteiger partial charge in [-0.2, -0.15) is 0 Å². The smallest absolute Gasteiger partial charge is 0.0732 e. The Kier molecular flexibility index (Phi) is 1.10. The molecule has 0 fully saturated rings. The van der Waals surface area contributed by atoms with E-state index in [0.717, 1.165) is 13.2 Å². The van der Waals surface area contributed by atoms with Crippen molar-refractivity contribution in [3.8, 4) is 0 Å². The fourth-order valence-corrected chi connectivity index (χ4v) is 1.90. The van der Waals surface area contributed by atoms with Crippen LogP contribution in [0.2, 0.25) is 0 Å². The lowest BCUT2D eigenvalue weighted by Crippen LogP contribution is -2.04. The normalized spacial score (nSPS) is 15.3. The van der Waals surface area contributed by atoms with Gasteiger partial charge in [0.25, 0.3) is 0 Å². The van der Waals surface area contributed by atoms with Gasteiger partial charge < -0.3 is 4.57 Å². The van der Waals surface area contributed by atoms with Crippen LogP contribution in [0.25, 0.3) is 10.9 Å². The summed E-state index contributed by atoms with van der Waals surface area (Å²) < 4.78 is 2.33. The minimum atomic E-state index is 0.961. The second kappa shape index (κ2) is 2.11. The van der Waals surface area contributed by atoms with E-state index < -0.39 is 0 Å². The highest BCUT2D eigenvalue weighted by molar-refractivity contribution is 5.81. The van der Waals surface area contributed by atoms with Crippen LogP contribution in [-0.2, 0) is 13.2 Å². The number of benzene rings is 1. The number of nitrogens with zero attached hydrogens (tertiary/aromatic N) is 1.